The van der Waals surface area contributed by atoms with Crippen LogP contribution in [0.25, 0.3) is 0 Å². The molecule has 2 saturated heterocycles. The van der Waals surface area contributed by atoms with Crippen molar-refractivity contribution >= 4 is 0 Å². The predicted molar refractivity (Wildman–Crippen MR) is 73.4 cm³/mol. The molecule has 0 aromatic carbocycles. The fourth-order valence-corrected chi connectivity index (χ4v) is 3.21. The quantitative estimate of drug-likeness (QED) is 0.803. The Morgan fingerprint density at radius 2 is 1.82 bits per heavy atom. The minimum atomic E-state index is 0.654. The van der Waals surface area contributed by atoms with E-state index in [1.807, 2.05) is 0 Å². The molecular weight excluding hydrogens is 210 g/mol. The molecule has 2 aliphatic rings. The summed E-state index contributed by atoms with van der Waals surface area (Å²) in [6.07, 6.45) is 6.84. The van der Waals surface area contributed by atoms with E-state index in [2.05, 4.69) is 29.1 Å². The Labute approximate surface area is 107 Å². The van der Waals surface area contributed by atoms with Gasteiger partial charge in [-0.15, -0.1) is 0 Å². The molecule has 0 amide bonds. The SMILES string of the molecule is CC(CN1CCCC1)NC1CCCN(C)CC1. The molecule has 0 aliphatic carbocycles. The van der Waals surface area contributed by atoms with Gasteiger partial charge >= 0.3 is 0 Å². The fourth-order valence-electron chi connectivity index (χ4n) is 3.21. The molecule has 2 fully saturated rings. The highest BCUT2D eigenvalue weighted by atomic mass is 15.2. The Morgan fingerprint density at radius 1 is 1.06 bits per heavy atom. The Hall–Kier alpha value is -0.120. The largest absolute Gasteiger partial charge is 0.310 e. The highest BCUT2D eigenvalue weighted by Gasteiger charge is 2.19. The van der Waals surface area contributed by atoms with Crippen molar-refractivity contribution in [2.24, 2.45) is 0 Å². The van der Waals surface area contributed by atoms with E-state index in [-0.39, 0.29) is 0 Å². The predicted octanol–water partition coefficient (Wildman–Crippen LogP) is 1.54. The maximum Gasteiger partial charge on any atom is 0.0169 e. The van der Waals surface area contributed by atoms with E-state index in [4.69, 9.17) is 0 Å². The summed E-state index contributed by atoms with van der Waals surface area (Å²) in [5, 5.41) is 3.84. The van der Waals surface area contributed by atoms with Crippen LogP contribution in [0.5, 0.6) is 0 Å². The number of likely N-dealkylation sites (tertiary alicyclic amines) is 2. The van der Waals surface area contributed by atoms with Gasteiger partial charge in [0.2, 0.25) is 0 Å². The number of rotatable bonds is 4. The van der Waals surface area contributed by atoms with E-state index in [1.165, 1.54) is 64.8 Å². The zero-order valence-electron chi connectivity index (χ0n) is 11.6. The van der Waals surface area contributed by atoms with Crippen LogP contribution in [-0.2, 0) is 0 Å². The summed E-state index contributed by atoms with van der Waals surface area (Å²) in [6.45, 7) is 8.77. The van der Waals surface area contributed by atoms with Gasteiger partial charge in [0.05, 0.1) is 0 Å². The van der Waals surface area contributed by atoms with Gasteiger partial charge < -0.3 is 15.1 Å². The highest BCUT2D eigenvalue weighted by Crippen LogP contribution is 2.12. The van der Waals surface area contributed by atoms with Crippen LogP contribution in [0.2, 0.25) is 0 Å². The summed E-state index contributed by atoms with van der Waals surface area (Å²) < 4.78 is 0. The van der Waals surface area contributed by atoms with Crippen LogP contribution in [0.15, 0.2) is 0 Å². The molecule has 17 heavy (non-hydrogen) atoms. The van der Waals surface area contributed by atoms with Crippen LogP contribution in [0, 0.1) is 0 Å². The second kappa shape index (κ2) is 6.72. The van der Waals surface area contributed by atoms with Gasteiger partial charge in [0.25, 0.3) is 0 Å². The first-order valence-corrected chi connectivity index (χ1v) is 7.41. The Morgan fingerprint density at radius 3 is 2.59 bits per heavy atom. The first kappa shape index (κ1) is 13.3. The normalized spacial score (nSPS) is 30.4. The summed E-state index contributed by atoms with van der Waals surface area (Å²) in [5.74, 6) is 0. The van der Waals surface area contributed by atoms with Gasteiger partial charge in [0, 0.05) is 18.6 Å². The monoisotopic (exact) mass is 239 g/mol. The smallest absolute Gasteiger partial charge is 0.0169 e. The molecule has 2 atom stereocenters. The summed E-state index contributed by atoms with van der Waals surface area (Å²) in [6, 6.07) is 1.40. The lowest BCUT2D eigenvalue weighted by molar-refractivity contribution is 0.278. The van der Waals surface area contributed by atoms with Crippen molar-refractivity contribution in [3.8, 4) is 0 Å². The molecule has 0 radical (unpaired) electrons. The van der Waals surface area contributed by atoms with E-state index in [0.717, 1.165) is 6.04 Å². The Balaban J connectivity index is 1.67. The van der Waals surface area contributed by atoms with E-state index in [9.17, 15) is 0 Å². The van der Waals surface area contributed by atoms with Crippen LogP contribution in [0.4, 0.5) is 0 Å². The third-order valence-electron chi connectivity index (χ3n) is 4.20. The van der Waals surface area contributed by atoms with Gasteiger partial charge in [-0.1, -0.05) is 0 Å². The number of nitrogens with one attached hydrogen (secondary N) is 1. The third-order valence-corrected chi connectivity index (χ3v) is 4.20. The zero-order chi connectivity index (χ0) is 12.1. The van der Waals surface area contributed by atoms with Gasteiger partial charge in [-0.05, 0) is 72.3 Å². The maximum absolute atomic E-state index is 3.84. The molecular formula is C14H29N3. The Kier molecular flexibility index (Phi) is 5.26. The standard InChI is InChI=1S/C14H29N3/c1-13(12-17-9-3-4-10-17)15-14-6-5-8-16(2)11-7-14/h13-15H,3-12H2,1-2H3. The lowest BCUT2D eigenvalue weighted by Crippen LogP contribution is -2.43. The molecule has 3 heteroatoms. The molecule has 0 spiro atoms. The van der Waals surface area contributed by atoms with Crippen molar-refractivity contribution in [2.45, 2.75) is 51.1 Å². The van der Waals surface area contributed by atoms with Gasteiger partial charge in [-0.2, -0.15) is 0 Å². The number of nitrogens with zero attached hydrogens (tertiary/aromatic N) is 2. The van der Waals surface area contributed by atoms with E-state index in [0.29, 0.717) is 6.04 Å². The highest BCUT2D eigenvalue weighted by molar-refractivity contribution is 4.79. The summed E-state index contributed by atoms with van der Waals surface area (Å²) in [4.78, 5) is 5.08. The molecule has 2 heterocycles. The molecule has 0 saturated carbocycles. The fraction of sp³-hybridized carbons (Fsp3) is 1.00. The van der Waals surface area contributed by atoms with Crippen molar-refractivity contribution in [2.75, 3.05) is 39.8 Å². The summed E-state index contributed by atoms with van der Waals surface area (Å²) in [7, 11) is 2.25. The van der Waals surface area contributed by atoms with Crippen LogP contribution < -0.4 is 5.32 Å². The molecule has 0 bridgehead atoms. The zero-order valence-corrected chi connectivity index (χ0v) is 11.6. The molecule has 1 N–H and O–H groups in total. The molecule has 100 valence electrons. The first-order chi connectivity index (χ1) is 8.24. The molecule has 2 aliphatic heterocycles. The topological polar surface area (TPSA) is 18.5 Å². The lowest BCUT2D eigenvalue weighted by atomic mass is 10.1. The first-order valence-electron chi connectivity index (χ1n) is 7.41. The maximum atomic E-state index is 3.84. The summed E-state index contributed by atoms with van der Waals surface area (Å²) in [5.41, 5.74) is 0. The van der Waals surface area contributed by atoms with Crippen molar-refractivity contribution in [3.63, 3.8) is 0 Å². The molecule has 0 aromatic rings. The molecule has 0 aromatic heterocycles. The van der Waals surface area contributed by atoms with Gasteiger partial charge in [-0.25, -0.2) is 0 Å². The minimum Gasteiger partial charge on any atom is -0.310 e. The van der Waals surface area contributed by atoms with Gasteiger partial charge in [0.15, 0.2) is 0 Å². The van der Waals surface area contributed by atoms with Gasteiger partial charge in [-0.3, -0.25) is 0 Å². The van der Waals surface area contributed by atoms with Crippen LogP contribution in [0.1, 0.15) is 39.0 Å². The Bertz CT molecular complexity index is 214. The number of hydrogen-bond donors (Lipinski definition) is 1. The number of hydrogen-bond acceptors (Lipinski definition) is 3. The van der Waals surface area contributed by atoms with Gasteiger partial charge in [0.1, 0.15) is 0 Å². The van der Waals surface area contributed by atoms with Crippen LogP contribution >= 0.6 is 0 Å². The van der Waals surface area contributed by atoms with Crippen molar-refractivity contribution in [3.05, 3.63) is 0 Å². The minimum absolute atomic E-state index is 0.654. The summed E-state index contributed by atoms with van der Waals surface area (Å²) >= 11 is 0. The average Bonchev–Trinajstić information content (AvgIpc) is 2.70. The lowest BCUT2D eigenvalue weighted by Gasteiger charge is -2.26. The molecule has 2 rings (SSSR count). The van der Waals surface area contributed by atoms with Crippen LogP contribution in [0.3, 0.4) is 0 Å². The van der Waals surface area contributed by atoms with E-state index in [1.54, 1.807) is 0 Å². The van der Waals surface area contributed by atoms with E-state index >= 15 is 0 Å². The molecule has 3 nitrogen and oxygen atoms in total. The second-order valence-electron chi connectivity index (χ2n) is 6.01. The second-order valence-corrected chi connectivity index (χ2v) is 6.01. The van der Waals surface area contributed by atoms with Crippen molar-refractivity contribution < 1.29 is 0 Å². The van der Waals surface area contributed by atoms with Crippen molar-refractivity contribution in [1.29, 1.82) is 0 Å². The third kappa shape index (κ3) is 4.57. The van der Waals surface area contributed by atoms with Crippen LogP contribution in [-0.4, -0.2) is 61.7 Å². The average molecular weight is 239 g/mol. The molecule has 2 unspecified atom stereocenters. The van der Waals surface area contributed by atoms with Crippen molar-refractivity contribution in [1.82, 2.24) is 15.1 Å². The van der Waals surface area contributed by atoms with E-state index < -0.39 is 0 Å².